The molecule has 0 aromatic carbocycles. The first kappa shape index (κ1) is 16.8. The number of allylic oxidation sites excluding steroid dienone is 2. The third-order valence-corrected chi connectivity index (χ3v) is 7.91. The molecule has 0 amide bonds. The maximum atomic E-state index is 10.6. The van der Waals surface area contributed by atoms with Crippen LogP contribution in [0.1, 0.15) is 59.8 Å². The van der Waals surface area contributed by atoms with E-state index in [1.807, 2.05) is 0 Å². The number of hydrogen-bond donors (Lipinski definition) is 1. The highest BCUT2D eigenvalue weighted by molar-refractivity contribution is 5.39. The molecule has 1 N–H and O–H groups in total. The van der Waals surface area contributed by atoms with Crippen molar-refractivity contribution in [2.75, 3.05) is 7.11 Å². The van der Waals surface area contributed by atoms with E-state index in [1.54, 1.807) is 7.11 Å². The van der Waals surface area contributed by atoms with E-state index in [9.17, 15) is 5.11 Å². The zero-order valence-corrected chi connectivity index (χ0v) is 15.8. The fourth-order valence-corrected chi connectivity index (χ4v) is 6.36. The van der Waals surface area contributed by atoms with Gasteiger partial charge < -0.3 is 14.6 Å². The monoisotopic (exact) mass is 332 g/mol. The summed E-state index contributed by atoms with van der Waals surface area (Å²) in [6.45, 7) is 9.01. The first-order chi connectivity index (χ1) is 11.2. The van der Waals surface area contributed by atoms with Crippen molar-refractivity contribution in [1.29, 1.82) is 0 Å². The Kier molecular flexibility index (Phi) is 3.63. The molecule has 24 heavy (non-hydrogen) atoms. The molecule has 0 radical (unpaired) electrons. The van der Waals surface area contributed by atoms with E-state index < -0.39 is 6.29 Å². The molecule has 0 aromatic heterocycles. The lowest BCUT2D eigenvalue weighted by Gasteiger charge is -2.56. The summed E-state index contributed by atoms with van der Waals surface area (Å²) >= 11 is 0. The van der Waals surface area contributed by atoms with Crippen LogP contribution in [0.15, 0.2) is 23.3 Å². The number of aliphatic hydroxyl groups is 1. The van der Waals surface area contributed by atoms with Gasteiger partial charge in [-0.25, -0.2) is 0 Å². The molecule has 1 saturated carbocycles. The molecule has 1 heterocycles. The molecule has 4 rings (SSSR count). The van der Waals surface area contributed by atoms with Crippen LogP contribution in [0.3, 0.4) is 0 Å². The maximum absolute atomic E-state index is 10.6. The highest BCUT2D eigenvalue weighted by Crippen LogP contribution is 2.66. The molecule has 6 atom stereocenters. The molecular weight excluding hydrogens is 300 g/mol. The first-order valence-corrected chi connectivity index (χ1v) is 9.54. The topological polar surface area (TPSA) is 38.7 Å². The number of fused-ring (bicyclic) bond motifs is 2. The number of rotatable bonds is 2. The molecule has 1 saturated heterocycles. The number of methoxy groups -OCH3 is 1. The van der Waals surface area contributed by atoms with Gasteiger partial charge in [-0.1, -0.05) is 32.4 Å². The van der Waals surface area contributed by atoms with Crippen LogP contribution in [-0.4, -0.2) is 30.2 Å². The third-order valence-electron chi connectivity index (χ3n) is 7.91. The van der Waals surface area contributed by atoms with Crippen LogP contribution in [0, 0.1) is 22.7 Å². The van der Waals surface area contributed by atoms with Gasteiger partial charge >= 0.3 is 0 Å². The number of hydrogen-bond acceptors (Lipinski definition) is 3. The van der Waals surface area contributed by atoms with Crippen molar-refractivity contribution in [3.8, 4) is 0 Å². The minimum Gasteiger partial charge on any atom is -0.374 e. The van der Waals surface area contributed by atoms with Crippen molar-refractivity contribution in [3.63, 3.8) is 0 Å². The lowest BCUT2D eigenvalue weighted by Crippen LogP contribution is -2.53. The van der Waals surface area contributed by atoms with Crippen LogP contribution in [-0.2, 0) is 9.47 Å². The smallest absolute Gasteiger partial charge is 0.161 e. The molecule has 0 spiro atoms. The Balaban J connectivity index is 1.78. The molecule has 1 aliphatic heterocycles. The molecular formula is C21H32O3. The SMILES string of the molecule is COC(C)(C)C1=CC2=C[C@@H]3OC(O)[C@]4(C)CCC[C@@](C)([C@@H]2CC1)[C@H]34. The van der Waals surface area contributed by atoms with Crippen LogP contribution in [0.2, 0.25) is 0 Å². The second-order valence-electron chi connectivity index (χ2n) is 9.44. The lowest BCUT2D eigenvalue weighted by molar-refractivity contribution is -0.133. The Bertz CT molecular complexity index is 604. The minimum absolute atomic E-state index is 0.0582. The summed E-state index contributed by atoms with van der Waals surface area (Å²) in [5.74, 6) is 1.02. The highest BCUT2D eigenvalue weighted by Gasteiger charge is 2.64. The first-order valence-electron chi connectivity index (χ1n) is 9.54. The van der Waals surface area contributed by atoms with Gasteiger partial charge in [0.15, 0.2) is 6.29 Å². The van der Waals surface area contributed by atoms with Crippen LogP contribution in [0.25, 0.3) is 0 Å². The van der Waals surface area contributed by atoms with Crippen molar-refractivity contribution < 1.29 is 14.6 Å². The molecule has 1 unspecified atom stereocenters. The van der Waals surface area contributed by atoms with Crippen LogP contribution in [0.4, 0.5) is 0 Å². The van der Waals surface area contributed by atoms with Gasteiger partial charge in [-0.05, 0) is 62.0 Å². The third kappa shape index (κ3) is 2.07. The Morgan fingerprint density at radius 3 is 2.67 bits per heavy atom. The quantitative estimate of drug-likeness (QED) is 0.823. The standard InChI is InChI=1S/C21H32O3/c1-19(2,23-5)14-7-8-15-13(11-14)12-16-17-20(15,3)9-6-10-21(17,4)18(22)24-16/h11-12,15-18,22H,6-10H2,1-5H3/t15-,16+,17+,18?,20+,21-/m1/s1. The minimum atomic E-state index is -0.622. The summed E-state index contributed by atoms with van der Waals surface area (Å²) in [6, 6.07) is 0. The van der Waals surface area contributed by atoms with Crippen LogP contribution >= 0.6 is 0 Å². The van der Waals surface area contributed by atoms with Gasteiger partial charge in [0.1, 0.15) is 0 Å². The van der Waals surface area contributed by atoms with Gasteiger partial charge in [-0.15, -0.1) is 0 Å². The second kappa shape index (κ2) is 5.18. The second-order valence-corrected chi connectivity index (χ2v) is 9.44. The van der Waals surface area contributed by atoms with E-state index in [-0.39, 0.29) is 22.5 Å². The van der Waals surface area contributed by atoms with E-state index >= 15 is 0 Å². The van der Waals surface area contributed by atoms with E-state index in [4.69, 9.17) is 9.47 Å². The van der Waals surface area contributed by atoms with Gasteiger partial charge in [0.05, 0.1) is 11.7 Å². The van der Waals surface area contributed by atoms with Crippen molar-refractivity contribution in [2.45, 2.75) is 77.8 Å². The summed E-state index contributed by atoms with van der Waals surface area (Å²) in [5, 5.41) is 10.6. The van der Waals surface area contributed by atoms with Crippen LogP contribution in [0.5, 0.6) is 0 Å². The Labute approximate surface area is 146 Å². The molecule has 3 nitrogen and oxygen atoms in total. The van der Waals surface area contributed by atoms with Gasteiger partial charge in [0.2, 0.25) is 0 Å². The zero-order valence-electron chi connectivity index (χ0n) is 15.8. The molecule has 2 fully saturated rings. The van der Waals surface area contributed by atoms with Gasteiger partial charge in [-0.3, -0.25) is 0 Å². The lowest BCUT2D eigenvalue weighted by atomic mass is 9.47. The summed E-state index contributed by atoms with van der Waals surface area (Å²) in [5.41, 5.74) is 2.74. The summed E-state index contributed by atoms with van der Waals surface area (Å²) < 4.78 is 11.8. The predicted molar refractivity (Wildman–Crippen MR) is 94.4 cm³/mol. The largest absolute Gasteiger partial charge is 0.374 e. The molecule has 0 aromatic rings. The number of aliphatic hydroxyl groups excluding tert-OH is 1. The van der Waals surface area contributed by atoms with Gasteiger partial charge in [0, 0.05) is 18.4 Å². The molecule has 3 heteroatoms. The average molecular weight is 332 g/mol. The van der Waals surface area contributed by atoms with Gasteiger partial charge in [-0.2, -0.15) is 0 Å². The van der Waals surface area contributed by atoms with E-state index in [0.717, 1.165) is 12.8 Å². The Hall–Kier alpha value is -0.640. The maximum Gasteiger partial charge on any atom is 0.161 e. The fraction of sp³-hybridized carbons (Fsp3) is 0.810. The zero-order chi connectivity index (χ0) is 17.3. The van der Waals surface area contributed by atoms with E-state index in [0.29, 0.717) is 11.8 Å². The van der Waals surface area contributed by atoms with Crippen molar-refractivity contribution in [1.82, 2.24) is 0 Å². The fourth-order valence-electron chi connectivity index (χ4n) is 6.36. The molecule has 4 aliphatic rings. The molecule has 134 valence electrons. The number of ether oxygens (including phenoxy) is 2. The molecule has 0 bridgehead atoms. The van der Waals surface area contributed by atoms with E-state index in [1.165, 1.54) is 30.4 Å². The van der Waals surface area contributed by atoms with Crippen LogP contribution < -0.4 is 0 Å². The summed E-state index contributed by atoms with van der Waals surface area (Å²) in [4.78, 5) is 0. The Morgan fingerprint density at radius 2 is 1.96 bits per heavy atom. The Morgan fingerprint density at radius 1 is 1.25 bits per heavy atom. The average Bonchev–Trinajstić information content (AvgIpc) is 2.79. The molecule has 3 aliphatic carbocycles. The summed E-state index contributed by atoms with van der Waals surface area (Å²) in [6.07, 6.45) is 9.95. The summed E-state index contributed by atoms with van der Waals surface area (Å²) in [7, 11) is 1.79. The van der Waals surface area contributed by atoms with Crippen molar-refractivity contribution in [2.24, 2.45) is 22.7 Å². The highest BCUT2D eigenvalue weighted by atomic mass is 16.6. The van der Waals surface area contributed by atoms with E-state index in [2.05, 4.69) is 39.8 Å². The van der Waals surface area contributed by atoms with Gasteiger partial charge in [0.25, 0.3) is 0 Å². The predicted octanol–water partition coefficient (Wildman–Crippen LogP) is 4.22. The van der Waals surface area contributed by atoms with Crippen molar-refractivity contribution >= 4 is 0 Å². The normalized spacial score (nSPS) is 47.6. The van der Waals surface area contributed by atoms with Crippen molar-refractivity contribution in [3.05, 3.63) is 23.3 Å².